The van der Waals surface area contributed by atoms with Crippen molar-refractivity contribution in [3.8, 4) is 0 Å². The van der Waals surface area contributed by atoms with Crippen molar-refractivity contribution in [1.82, 2.24) is 24.6 Å². The van der Waals surface area contributed by atoms with Crippen LogP contribution >= 0.6 is 12.4 Å². The first-order chi connectivity index (χ1) is 12.3. The van der Waals surface area contributed by atoms with Crippen LogP contribution in [0.15, 0.2) is 9.42 Å². The van der Waals surface area contributed by atoms with Crippen molar-refractivity contribution in [2.24, 2.45) is 0 Å². The third kappa shape index (κ3) is 4.62. The minimum atomic E-state index is -3.64. The Morgan fingerprint density at radius 1 is 1.22 bits per heavy atom. The van der Waals surface area contributed by atoms with Gasteiger partial charge in [-0.15, -0.1) is 12.4 Å². The van der Waals surface area contributed by atoms with E-state index < -0.39 is 10.0 Å². The van der Waals surface area contributed by atoms with Gasteiger partial charge < -0.3 is 14.7 Å². The number of carbonyl (C=O) groups excluding carboxylic acids is 1. The molecule has 0 saturated carbocycles. The van der Waals surface area contributed by atoms with Gasteiger partial charge in [-0.3, -0.25) is 9.69 Å². The zero-order valence-electron chi connectivity index (χ0n) is 16.0. The topological polar surface area (TPSA) is 99.0 Å². The SMILES string of the molecule is Cc1noc(C)c1S(=O)(=O)N1CCN(C(=O)CN2CCNC[C@@H]2C)CC1.Cl. The molecule has 2 saturated heterocycles. The molecule has 0 unspecified atom stereocenters. The second-order valence-electron chi connectivity index (χ2n) is 6.96. The average Bonchev–Trinajstić information content (AvgIpc) is 2.96. The standard InChI is InChI=1S/C16H27N5O4S.ClH/c1-12-10-17-4-5-20(12)11-15(22)19-6-8-21(9-7-19)26(23,24)16-13(2)18-25-14(16)3;/h12,17H,4-11H2,1-3H3;1H/t12-;/m0./s1. The van der Waals surface area contributed by atoms with Crippen LogP contribution in [-0.4, -0.2) is 92.0 Å². The molecule has 1 amide bonds. The van der Waals surface area contributed by atoms with Gasteiger partial charge in [0, 0.05) is 51.9 Å². The van der Waals surface area contributed by atoms with E-state index >= 15 is 0 Å². The number of nitrogens with zero attached hydrogens (tertiary/aromatic N) is 4. The van der Waals surface area contributed by atoms with Crippen LogP contribution in [0.5, 0.6) is 0 Å². The fourth-order valence-corrected chi connectivity index (χ4v) is 5.25. The number of halogens is 1. The summed E-state index contributed by atoms with van der Waals surface area (Å²) in [5, 5.41) is 7.05. The maximum absolute atomic E-state index is 12.8. The van der Waals surface area contributed by atoms with E-state index in [1.165, 1.54) is 4.31 Å². The van der Waals surface area contributed by atoms with Crippen LogP contribution in [0, 0.1) is 13.8 Å². The van der Waals surface area contributed by atoms with Gasteiger partial charge in [-0.05, 0) is 20.8 Å². The van der Waals surface area contributed by atoms with Gasteiger partial charge in [-0.2, -0.15) is 4.31 Å². The third-order valence-corrected chi connectivity index (χ3v) is 7.28. The van der Waals surface area contributed by atoms with Gasteiger partial charge in [-0.25, -0.2) is 8.42 Å². The highest BCUT2D eigenvalue weighted by atomic mass is 35.5. The van der Waals surface area contributed by atoms with Crippen molar-refractivity contribution in [3.05, 3.63) is 11.5 Å². The molecular formula is C16H28ClN5O4S. The molecule has 0 aromatic carbocycles. The van der Waals surface area contributed by atoms with Crippen LogP contribution in [-0.2, 0) is 14.8 Å². The molecule has 3 heterocycles. The molecule has 11 heteroatoms. The van der Waals surface area contributed by atoms with Gasteiger partial charge >= 0.3 is 0 Å². The number of hydrogen-bond donors (Lipinski definition) is 1. The van der Waals surface area contributed by atoms with Gasteiger partial charge in [0.2, 0.25) is 15.9 Å². The van der Waals surface area contributed by atoms with Crippen LogP contribution < -0.4 is 5.32 Å². The Balaban J connectivity index is 0.00000261. The van der Waals surface area contributed by atoms with E-state index in [1.807, 2.05) is 0 Å². The molecule has 1 N–H and O–H groups in total. The second kappa shape index (κ2) is 8.87. The van der Waals surface area contributed by atoms with E-state index in [-0.39, 0.29) is 36.3 Å². The van der Waals surface area contributed by atoms with Crippen LogP contribution in [0.25, 0.3) is 0 Å². The third-order valence-electron chi connectivity index (χ3n) is 5.13. The summed E-state index contributed by atoms with van der Waals surface area (Å²) in [4.78, 5) is 16.7. The number of nitrogens with one attached hydrogen (secondary N) is 1. The van der Waals surface area contributed by atoms with Gasteiger partial charge in [-0.1, -0.05) is 5.16 Å². The fourth-order valence-electron chi connectivity index (χ4n) is 3.54. The minimum Gasteiger partial charge on any atom is -0.360 e. The Bertz CT molecular complexity index is 741. The Hall–Kier alpha value is -1.20. The van der Waals surface area contributed by atoms with Crippen molar-refractivity contribution in [1.29, 1.82) is 0 Å². The molecule has 1 atom stereocenters. The maximum atomic E-state index is 12.8. The molecule has 154 valence electrons. The van der Waals surface area contributed by atoms with E-state index in [4.69, 9.17) is 4.52 Å². The quantitative estimate of drug-likeness (QED) is 0.721. The van der Waals surface area contributed by atoms with Crippen molar-refractivity contribution < 1.29 is 17.7 Å². The number of carbonyl (C=O) groups is 1. The van der Waals surface area contributed by atoms with Crippen LogP contribution in [0.2, 0.25) is 0 Å². The fraction of sp³-hybridized carbons (Fsp3) is 0.750. The number of aryl methyl sites for hydroxylation is 2. The van der Waals surface area contributed by atoms with Gasteiger partial charge in [0.05, 0.1) is 6.54 Å². The first-order valence-corrected chi connectivity index (χ1v) is 10.4. The molecule has 0 aliphatic carbocycles. The van der Waals surface area contributed by atoms with Crippen molar-refractivity contribution >= 4 is 28.3 Å². The lowest BCUT2D eigenvalue weighted by atomic mass is 10.2. The molecule has 0 spiro atoms. The number of rotatable bonds is 4. The molecule has 0 radical (unpaired) electrons. The summed E-state index contributed by atoms with van der Waals surface area (Å²) in [6.07, 6.45) is 0. The normalized spacial score (nSPS) is 22.5. The van der Waals surface area contributed by atoms with Crippen LogP contribution in [0.3, 0.4) is 0 Å². The summed E-state index contributed by atoms with van der Waals surface area (Å²) in [6.45, 7) is 9.73. The second-order valence-corrected chi connectivity index (χ2v) is 8.84. The minimum absolute atomic E-state index is 0. The number of hydrogen-bond acceptors (Lipinski definition) is 7. The van der Waals surface area contributed by atoms with Crippen LogP contribution in [0.1, 0.15) is 18.4 Å². The Labute approximate surface area is 166 Å². The highest BCUT2D eigenvalue weighted by Gasteiger charge is 2.34. The summed E-state index contributed by atoms with van der Waals surface area (Å²) in [5.74, 6) is 0.363. The Morgan fingerprint density at radius 2 is 1.89 bits per heavy atom. The van der Waals surface area contributed by atoms with Gasteiger partial charge in [0.25, 0.3) is 0 Å². The highest BCUT2D eigenvalue weighted by Crippen LogP contribution is 2.24. The monoisotopic (exact) mass is 421 g/mol. The highest BCUT2D eigenvalue weighted by molar-refractivity contribution is 7.89. The largest absolute Gasteiger partial charge is 0.360 e. The van der Waals surface area contributed by atoms with Crippen molar-refractivity contribution in [3.63, 3.8) is 0 Å². The predicted octanol–water partition coefficient (Wildman–Crippen LogP) is -0.160. The Morgan fingerprint density at radius 3 is 2.44 bits per heavy atom. The average molecular weight is 422 g/mol. The first-order valence-electron chi connectivity index (χ1n) is 8.96. The van der Waals surface area contributed by atoms with E-state index in [1.54, 1.807) is 18.7 Å². The predicted molar refractivity (Wildman–Crippen MR) is 102 cm³/mol. The van der Waals surface area contributed by atoms with Crippen LogP contribution in [0.4, 0.5) is 0 Å². The zero-order valence-corrected chi connectivity index (χ0v) is 17.6. The number of sulfonamides is 1. The van der Waals surface area contributed by atoms with Crippen molar-refractivity contribution in [2.75, 3.05) is 52.4 Å². The summed E-state index contributed by atoms with van der Waals surface area (Å²) >= 11 is 0. The van der Waals surface area contributed by atoms with Crippen molar-refractivity contribution in [2.45, 2.75) is 31.7 Å². The van der Waals surface area contributed by atoms with E-state index in [0.717, 1.165) is 19.6 Å². The molecule has 2 aliphatic heterocycles. The molecule has 0 bridgehead atoms. The lowest BCUT2D eigenvalue weighted by Crippen LogP contribution is -2.56. The van der Waals surface area contributed by atoms with E-state index in [0.29, 0.717) is 37.1 Å². The number of amides is 1. The zero-order chi connectivity index (χ0) is 18.9. The summed E-state index contributed by atoms with van der Waals surface area (Å²) < 4.78 is 32.1. The molecule has 9 nitrogen and oxygen atoms in total. The summed E-state index contributed by atoms with van der Waals surface area (Å²) in [7, 11) is -3.64. The molecular weight excluding hydrogens is 394 g/mol. The molecule has 2 fully saturated rings. The summed E-state index contributed by atoms with van der Waals surface area (Å²) in [5.41, 5.74) is 0.369. The van der Waals surface area contributed by atoms with Gasteiger partial charge in [0.15, 0.2) is 5.76 Å². The maximum Gasteiger partial charge on any atom is 0.248 e. The molecule has 27 heavy (non-hydrogen) atoms. The molecule has 2 aliphatic rings. The summed E-state index contributed by atoms with van der Waals surface area (Å²) in [6, 6.07) is 0.328. The number of piperazine rings is 2. The molecule has 3 rings (SSSR count). The number of aromatic nitrogens is 1. The Kier molecular flexibility index (Phi) is 7.26. The van der Waals surface area contributed by atoms with E-state index in [9.17, 15) is 13.2 Å². The van der Waals surface area contributed by atoms with Gasteiger partial charge in [0.1, 0.15) is 10.6 Å². The molecule has 1 aromatic rings. The lowest BCUT2D eigenvalue weighted by molar-refractivity contribution is -0.134. The molecule has 1 aromatic heterocycles. The van der Waals surface area contributed by atoms with E-state index in [2.05, 4.69) is 22.3 Å². The first kappa shape index (κ1) is 22.1. The lowest BCUT2D eigenvalue weighted by Gasteiger charge is -2.37. The smallest absolute Gasteiger partial charge is 0.248 e.